The number of nitrogens with one attached hydrogen (secondary N) is 1. The van der Waals surface area contributed by atoms with Crippen LogP contribution >= 0.6 is 0 Å². The molecule has 0 atom stereocenters. The standard InChI is InChI=1S/C22H24N4/c1-15-19(18-10-6-7-11-20(18)24-2)13-25-22-21(15)16(12-23)14-26(22)17-8-4-3-5-9-17/h6-7,10-11,13-14,17,24H,3-5,8-9H2,1-2H3. The van der Waals surface area contributed by atoms with Gasteiger partial charge in [0.25, 0.3) is 0 Å². The molecule has 1 aromatic carbocycles. The number of nitriles is 1. The van der Waals surface area contributed by atoms with E-state index in [0.29, 0.717) is 6.04 Å². The molecule has 1 aliphatic rings. The first kappa shape index (κ1) is 16.7. The average molecular weight is 344 g/mol. The van der Waals surface area contributed by atoms with Crippen molar-refractivity contribution in [1.29, 1.82) is 5.26 Å². The third-order valence-electron chi connectivity index (χ3n) is 5.68. The number of fused-ring (bicyclic) bond motifs is 1. The van der Waals surface area contributed by atoms with Crippen molar-refractivity contribution in [2.45, 2.75) is 45.1 Å². The number of hydrogen-bond donors (Lipinski definition) is 1. The van der Waals surface area contributed by atoms with E-state index in [1.807, 2.05) is 31.6 Å². The smallest absolute Gasteiger partial charge is 0.141 e. The predicted octanol–water partition coefficient (Wildman–Crippen LogP) is 5.43. The van der Waals surface area contributed by atoms with E-state index in [9.17, 15) is 5.26 Å². The van der Waals surface area contributed by atoms with E-state index < -0.39 is 0 Å². The number of para-hydroxylation sites is 1. The Kier molecular flexibility index (Phi) is 4.38. The molecule has 132 valence electrons. The molecule has 0 radical (unpaired) electrons. The minimum Gasteiger partial charge on any atom is -0.388 e. The number of aromatic nitrogens is 2. The summed E-state index contributed by atoms with van der Waals surface area (Å²) >= 11 is 0. The first-order valence-corrected chi connectivity index (χ1v) is 9.42. The van der Waals surface area contributed by atoms with Crippen molar-refractivity contribution in [3.8, 4) is 17.2 Å². The largest absolute Gasteiger partial charge is 0.388 e. The van der Waals surface area contributed by atoms with E-state index in [4.69, 9.17) is 4.98 Å². The van der Waals surface area contributed by atoms with Crippen molar-refractivity contribution < 1.29 is 0 Å². The van der Waals surface area contributed by atoms with E-state index >= 15 is 0 Å². The lowest BCUT2D eigenvalue weighted by atomic mass is 9.95. The van der Waals surface area contributed by atoms with Crippen LogP contribution in [-0.4, -0.2) is 16.6 Å². The van der Waals surface area contributed by atoms with Crippen LogP contribution in [0.25, 0.3) is 22.2 Å². The molecule has 0 spiro atoms. The number of aryl methyl sites for hydroxylation is 1. The monoisotopic (exact) mass is 344 g/mol. The molecule has 1 fully saturated rings. The van der Waals surface area contributed by atoms with Gasteiger partial charge in [0, 0.05) is 47.7 Å². The summed E-state index contributed by atoms with van der Waals surface area (Å²) in [5, 5.41) is 14.0. The Labute approximate surface area is 154 Å². The second-order valence-corrected chi connectivity index (χ2v) is 7.14. The van der Waals surface area contributed by atoms with Gasteiger partial charge in [-0.05, 0) is 31.4 Å². The highest BCUT2D eigenvalue weighted by Crippen LogP contribution is 2.37. The molecule has 0 amide bonds. The van der Waals surface area contributed by atoms with Gasteiger partial charge in [0.05, 0.1) is 5.56 Å². The van der Waals surface area contributed by atoms with Crippen LogP contribution in [0.3, 0.4) is 0 Å². The molecule has 4 nitrogen and oxygen atoms in total. The lowest BCUT2D eigenvalue weighted by Crippen LogP contribution is -2.12. The Morgan fingerprint density at radius 3 is 2.65 bits per heavy atom. The summed E-state index contributed by atoms with van der Waals surface area (Å²) in [5.74, 6) is 0. The van der Waals surface area contributed by atoms with Crippen LogP contribution in [0.15, 0.2) is 36.7 Å². The van der Waals surface area contributed by atoms with E-state index in [1.54, 1.807) is 0 Å². The normalized spacial score (nSPS) is 15.1. The molecule has 2 aromatic heterocycles. The molecule has 0 unspecified atom stereocenters. The molecule has 4 rings (SSSR count). The number of rotatable bonds is 3. The minimum absolute atomic E-state index is 0.468. The van der Waals surface area contributed by atoms with Crippen LogP contribution in [0.5, 0.6) is 0 Å². The van der Waals surface area contributed by atoms with Gasteiger partial charge < -0.3 is 9.88 Å². The van der Waals surface area contributed by atoms with Gasteiger partial charge in [-0.15, -0.1) is 0 Å². The number of anilines is 1. The van der Waals surface area contributed by atoms with Crippen molar-refractivity contribution in [1.82, 2.24) is 9.55 Å². The maximum absolute atomic E-state index is 9.73. The molecule has 1 saturated carbocycles. The summed E-state index contributed by atoms with van der Waals surface area (Å²) in [6, 6.07) is 11.1. The zero-order chi connectivity index (χ0) is 18.1. The summed E-state index contributed by atoms with van der Waals surface area (Å²) in [7, 11) is 1.93. The fourth-order valence-electron chi connectivity index (χ4n) is 4.30. The molecule has 0 bridgehead atoms. The number of benzene rings is 1. The molecule has 1 aliphatic carbocycles. The van der Waals surface area contributed by atoms with Crippen LogP contribution in [0.2, 0.25) is 0 Å². The van der Waals surface area contributed by atoms with Crippen LogP contribution in [-0.2, 0) is 0 Å². The SMILES string of the molecule is CNc1ccccc1-c1cnc2c(c(C#N)cn2C2CCCCC2)c1C. The molecule has 0 aliphatic heterocycles. The van der Waals surface area contributed by atoms with Crippen molar-refractivity contribution >= 4 is 16.7 Å². The van der Waals surface area contributed by atoms with Crippen LogP contribution in [0, 0.1) is 18.3 Å². The van der Waals surface area contributed by atoms with Gasteiger partial charge in [0.2, 0.25) is 0 Å². The highest BCUT2D eigenvalue weighted by atomic mass is 15.1. The molecule has 2 heterocycles. The molecular weight excluding hydrogens is 320 g/mol. The first-order valence-electron chi connectivity index (χ1n) is 9.42. The fourth-order valence-corrected chi connectivity index (χ4v) is 4.30. The van der Waals surface area contributed by atoms with Gasteiger partial charge in [0.1, 0.15) is 11.7 Å². The first-order chi connectivity index (χ1) is 12.7. The van der Waals surface area contributed by atoms with Crippen molar-refractivity contribution in [3.63, 3.8) is 0 Å². The molecular formula is C22H24N4. The minimum atomic E-state index is 0.468. The Balaban J connectivity index is 1.92. The van der Waals surface area contributed by atoms with Crippen molar-refractivity contribution in [3.05, 3.63) is 47.8 Å². The lowest BCUT2D eigenvalue weighted by molar-refractivity contribution is 0.359. The summed E-state index contributed by atoms with van der Waals surface area (Å²) in [6.07, 6.45) is 10.2. The molecule has 26 heavy (non-hydrogen) atoms. The topological polar surface area (TPSA) is 53.6 Å². The van der Waals surface area contributed by atoms with Gasteiger partial charge in [-0.2, -0.15) is 5.26 Å². The van der Waals surface area contributed by atoms with E-state index in [0.717, 1.165) is 39.0 Å². The summed E-state index contributed by atoms with van der Waals surface area (Å²) in [6.45, 7) is 2.11. The van der Waals surface area contributed by atoms with E-state index in [-0.39, 0.29) is 0 Å². The summed E-state index contributed by atoms with van der Waals surface area (Å²) in [4.78, 5) is 4.82. The highest BCUT2D eigenvalue weighted by Gasteiger charge is 2.22. The highest BCUT2D eigenvalue weighted by molar-refractivity contribution is 5.93. The second kappa shape index (κ2) is 6.84. The summed E-state index contributed by atoms with van der Waals surface area (Å²) in [5.41, 5.74) is 6.10. The molecule has 4 heteroatoms. The van der Waals surface area contributed by atoms with Crippen LogP contribution in [0.1, 0.15) is 49.3 Å². The molecule has 3 aromatic rings. The number of hydrogen-bond acceptors (Lipinski definition) is 3. The maximum atomic E-state index is 9.73. The van der Waals surface area contributed by atoms with Gasteiger partial charge in [-0.3, -0.25) is 0 Å². The van der Waals surface area contributed by atoms with Crippen molar-refractivity contribution in [2.24, 2.45) is 0 Å². The van der Waals surface area contributed by atoms with E-state index in [2.05, 4.69) is 35.0 Å². The lowest BCUT2D eigenvalue weighted by Gasteiger charge is -2.24. The zero-order valence-corrected chi connectivity index (χ0v) is 15.4. The van der Waals surface area contributed by atoms with Gasteiger partial charge >= 0.3 is 0 Å². The maximum Gasteiger partial charge on any atom is 0.141 e. The quantitative estimate of drug-likeness (QED) is 0.689. The van der Waals surface area contributed by atoms with Crippen LogP contribution in [0.4, 0.5) is 5.69 Å². The molecule has 0 saturated heterocycles. The van der Waals surface area contributed by atoms with Crippen molar-refractivity contribution in [2.75, 3.05) is 12.4 Å². The Morgan fingerprint density at radius 2 is 1.92 bits per heavy atom. The van der Waals surface area contributed by atoms with Crippen LogP contribution < -0.4 is 5.32 Å². The van der Waals surface area contributed by atoms with Gasteiger partial charge in [-0.1, -0.05) is 37.5 Å². The fraction of sp³-hybridized carbons (Fsp3) is 0.364. The van der Waals surface area contributed by atoms with Gasteiger partial charge in [0.15, 0.2) is 0 Å². The number of pyridine rings is 1. The third kappa shape index (κ3) is 2.64. The summed E-state index contributed by atoms with van der Waals surface area (Å²) < 4.78 is 2.26. The number of nitrogens with zero attached hydrogens (tertiary/aromatic N) is 3. The Hall–Kier alpha value is -2.80. The predicted molar refractivity (Wildman–Crippen MR) is 106 cm³/mol. The Morgan fingerprint density at radius 1 is 1.15 bits per heavy atom. The zero-order valence-electron chi connectivity index (χ0n) is 15.4. The Bertz CT molecular complexity index is 987. The molecule has 1 N–H and O–H groups in total. The van der Waals surface area contributed by atoms with Gasteiger partial charge in [-0.25, -0.2) is 4.98 Å². The second-order valence-electron chi connectivity index (χ2n) is 7.14. The third-order valence-corrected chi connectivity index (χ3v) is 5.68. The van der Waals surface area contributed by atoms with E-state index in [1.165, 1.54) is 32.1 Å². The average Bonchev–Trinajstić information content (AvgIpc) is 3.08.